The van der Waals surface area contributed by atoms with Gasteiger partial charge in [0.05, 0.1) is 10.2 Å². The number of para-hydroxylation sites is 1. The Kier molecular flexibility index (Phi) is 5.28. The number of hydrogen-bond donors (Lipinski definition) is 1. The first-order chi connectivity index (χ1) is 12.0. The molecular formula is C19H17BrFN3O. The first kappa shape index (κ1) is 17.4. The Hall–Kier alpha value is -2.47. The Morgan fingerprint density at radius 3 is 2.68 bits per heavy atom. The van der Waals surface area contributed by atoms with Crippen LogP contribution in [0.1, 0.15) is 21.7 Å². The van der Waals surface area contributed by atoms with Crippen LogP contribution in [0.4, 0.5) is 4.39 Å². The van der Waals surface area contributed by atoms with Crippen molar-refractivity contribution in [3.8, 4) is 5.69 Å². The second-order valence-electron chi connectivity index (χ2n) is 5.67. The summed E-state index contributed by atoms with van der Waals surface area (Å²) in [6.07, 6.45) is 0.614. The maximum Gasteiger partial charge on any atom is 0.271 e. The van der Waals surface area contributed by atoms with Gasteiger partial charge in [-0.05, 0) is 65.2 Å². The second kappa shape index (κ2) is 7.61. The van der Waals surface area contributed by atoms with Crippen molar-refractivity contribution in [3.05, 3.63) is 81.8 Å². The molecule has 0 saturated heterocycles. The van der Waals surface area contributed by atoms with Crippen LogP contribution in [-0.4, -0.2) is 22.2 Å². The highest BCUT2D eigenvalue weighted by atomic mass is 79.9. The summed E-state index contributed by atoms with van der Waals surface area (Å²) < 4.78 is 15.4. The zero-order chi connectivity index (χ0) is 17.8. The highest BCUT2D eigenvalue weighted by Gasteiger charge is 2.13. The fraction of sp³-hybridized carbons (Fsp3) is 0.158. The van der Waals surface area contributed by atoms with Crippen molar-refractivity contribution in [1.29, 1.82) is 0 Å². The van der Waals surface area contributed by atoms with E-state index in [9.17, 15) is 9.18 Å². The average Bonchev–Trinajstić information content (AvgIpc) is 3.01. The third-order valence-electron chi connectivity index (χ3n) is 3.80. The molecular weight excluding hydrogens is 385 g/mol. The monoisotopic (exact) mass is 401 g/mol. The van der Waals surface area contributed by atoms with E-state index in [2.05, 4.69) is 26.3 Å². The van der Waals surface area contributed by atoms with E-state index >= 15 is 0 Å². The van der Waals surface area contributed by atoms with Crippen molar-refractivity contribution in [2.45, 2.75) is 13.3 Å². The summed E-state index contributed by atoms with van der Waals surface area (Å²) in [5.41, 5.74) is 3.12. The number of rotatable bonds is 5. The third-order valence-corrected chi connectivity index (χ3v) is 4.41. The minimum atomic E-state index is -0.297. The SMILES string of the molecule is Cc1cc(C(=O)NCCc2ccc(F)c(Br)c2)nn1-c1ccccc1. The van der Waals surface area contributed by atoms with Gasteiger partial charge >= 0.3 is 0 Å². The van der Waals surface area contributed by atoms with E-state index in [4.69, 9.17) is 0 Å². The van der Waals surface area contributed by atoms with E-state index in [1.165, 1.54) is 6.07 Å². The quantitative estimate of drug-likeness (QED) is 0.700. The smallest absolute Gasteiger partial charge is 0.271 e. The van der Waals surface area contributed by atoms with Crippen molar-refractivity contribution >= 4 is 21.8 Å². The van der Waals surface area contributed by atoms with Crippen LogP contribution in [0.15, 0.2) is 59.1 Å². The average molecular weight is 402 g/mol. The fourth-order valence-electron chi connectivity index (χ4n) is 2.52. The molecule has 0 saturated carbocycles. The van der Waals surface area contributed by atoms with Crippen molar-refractivity contribution < 1.29 is 9.18 Å². The Bertz CT molecular complexity index is 893. The van der Waals surface area contributed by atoms with Crippen LogP contribution in [-0.2, 0) is 6.42 Å². The summed E-state index contributed by atoms with van der Waals surface area (Å²) in [7, 11) is 0. The van der Waals surface area contributed by atoms with Crippen molar-refractivity contribution in [3.63, 3.8) is 0 Å². The number of carbonyl (C=O) groups is 1. The van der Waals surface area contributed by atoms with E-state index in [1.54, 1.807) is 22.9 Å². The number of aromatic nitrogens is 2. The highest BCUT2D eigenvalue weighted by Crippen LogP contribution is 2.17. The summed E-state index contributed by atoms with van der Waals surface area (Å²) in [6.45, 7) is 2.36. The van der Waals surface area contributed by atoms with Crippen LogP contribution in [0.2, 0.25) is 0 Å². The van der Waals surface area contributed by atoms with Crippen LogP contribution >= 0.6 is 15.9 Å². The minimum absolute atomic E-state index is 0.223. The van der Waals surface area contributed by atoms with Gasteiger partial charge < -0.3 is 5.32 Å². The number of halogens is 2. The Labute approximate surface area is 153 Å². The standard InChI is InChI=1S/C19H17BrFN3O/c1-13-11-18(23-24(13)15-5-3-2-4-6-15)19(25)22-10-9-14-7-8-17(21)16(20)12-14/h2-8,11-12H,9-10H2,1H3,(H,22,25). The number of aryl methyl sites for hydroxylation is 1. The molecule has 0 aliphatic rings. The normalized spacial score (nSPS) is 10.7. The zero-order valence-electron chi connectivity index (χ0n) is 13.7. The van der Waals surface area contributed by atoms with E-state index in [0.29, 0.717) is 23.1 Å². The second-order valence-corrected chi connectivity index (χ2v) is 6.53. The fourth-order valence-corrected chi connectivity index (χ4v) is 2.95. The Morgan fingerprint density at radius 2 is 1.96 bits per heavy atom. The van der Waals surface area contributed by atoms with Crippen molar-refractivity contribution in [2.75, 3.05) is 6.54 Å². The molecule has 1 N–H and O–H groups in total. The van der Waals surface area contributed by atoms with Crippen LogP contribution < -0.4 is 5.32 Å². The predicted molar refractivity (Wildman–Crippen MR) is 98.4 cm³/mol. The molecule has 1 aromatic heterocycles. The van der Waals surface area contributed by atoms with Gasteiger partial charge in [0.1, 0.15) is 5.82 Å². The molecule has 0 bridgehead atoms. The van der Waals surface area contributed by atoms with Crippen LogP contribution in [0.3, 0.4) is 0 Å². The minimum Gasteiger partial charge on any atom is -0.350 e. The summed E-state index contributed by atoms with van der Waals surface area (Å²) in [4.78, 5) is 12.3. The molecule has 2 aromatic carbocycles. The van der Waals surface area contributed by atoms with Gasteiger partial charge in [-0.25, -0.2) is 9.07 Å². The Morgan fingerprint density at radius 1 is 1.20 bits per heavy atom. The molecule has 3 rings (SSSR count). The van der Waals surface area contributed by atoms with E-state index in [-0.39, 0.29) is 11.7 Å². The summed E-state index contributed by atoms with van der Waals surface area (Å²) >= 11 is 3.16. The van der Waals surface area contributed by atoms with Gasteiger partial charge in [-0.2, -0.15) is 5.10 Å². The first-order valence-electron chi connectivity index (χ1n) is 7.89. The van der Waals surface area contributed by atoms with Crippen molar-refractivity contribution in [2.24, 2.45) is 0 Å². The predicted octanol–water partition coefficient (Wildman–Crippen LogP) is 4.05. The molecule has 0 aliphatic carbocycles. The van der Waals surface area contributed by atoms with Gasteiger partial charge in [0, 0.05) is 12.2 Å². The molecule has 4 nitrogen and oxygen atoms in total. The number of nitrogens with one attached hydrogen (secondary N) is 1. The Balaban J connectivity index is 1.63. The van der Waals surface area contributed by atoms with Gasteiger partial charge in [0.2, 0.25) is 0 Å². The molecule has 0 unspecified atom stereocenters. The number of hydrogen-bond acceptors (Lipinski definition) is 2. The molecule has 0 spiro atoms. The number of nitrogens with zero attached hydrogens (tertiary/aromatic N) is 2. The lowest BCUT2D eigenvalue weighted by Gasteiger charge is -2.05. The lowest BCUT2D eigenvalue weighted by molar-refractivity contribution is 0.0948. The summed E-state index contributed by atoms with van der Waals surface area (Å²) in [5.74, 6) is -0.520. The molecule has 0 radical (unpaired) electrons. The molecule has 1 heterocycles. The molecule has 25 heavy (non-hydrogen) atoms. The van der Waals surface area contributed by atoms with Gasteiger partial charge in [-0.3, -0.25) is 4.79 Å². The first-order valence-corrected chi connectivity index (χ1v) is 8.68. The lowest BCUT2D eigenvalue weighted by atomic mass is 10.1. The molecule has 1 amide bonds. The van der Waals surface area contributed by atoms with Gasteiger partial charge in [-0.1, -0.05) is 24.3 Å². The molecule has 3 aromatic rings. The zero-order valence-corrected chi connectivity index (χ0v) is 15.3. The molecule has 0 aliphatic heterocycles. The number of carbonyl (C=O) groups excluding carboxylic acids is 1. The number of benzene rings is 2. The lowest BCUT2D eigenvalue weighted by Crippen LogP contribution is -2.26. The largest absolute Gasteiger partial charge is 0.350 e. The molecule has 0 fully saturated rings. The van der Waals surface area contributed by atoms with Crippen LogP contribution in [0, 0.1) is 12.7 Å². The maximum absolute atomic E-state index is 13.2. The van der Waals surface area contributed by atoms with E-state index in [1.807, 2.05) is 37.3 Å². The molecule has 128 valence electrons. The summed E-state index contributed by atoms with van der Waals surface area (Å²) in [6, 6.07) is 16.3. The van der Waals surface area contributed by atoms with E-state index in [0.717, 1.165) is 16.9 Å². The van der Waals surface area contributed by atoms with Gasteiger partial charge in [-0.15, -0.1) is 0 Å². The van der Waals surface area contributed by atoms with Crippen LogP contribution in [0.25, 0.3) is 5.69 Å². The number of amides is 1. The summed E-state index contributed by atoms with van der Waals surface area (Å²) in [5, 5.41) is 7.23. The molecule has 0 atom stereocenters. The third kappa shape index (κ3) is 4.14. The topological polar surface area (TPSA) is 46.9 Å². The van der Waals surface area contributed by atoms with Gasteiger partial charge in [0.15, 0.2) is 5.69 Å². The van der Waals surface area contributed by atoms with Gasteiger partial charge in [0.25, 0.3) is 5.91 Å². The highest BCUT2D eigenvalue weighted by molar-refractivity contribution is 9.10. The molecule has 6 heteroatoms. The van der Waals surface area contributed by atoms with Crippen LogP contribution in [0.5, 0.6) is 0 Å². The maximum atomic E-state index is 13.2. The van der Waals surface area contributed by atoms with E-state index < -0.39 is 0 Å². The van der Waals surface area contributed by atoms with Crippen molar-refractivity contribution in [1.82, 2.24) is 15.1 Å².